The van der Waals surface area contributed by atoms with E-state index in [9.17, 15) is 19.2 Å². The maximum absolute atomic E-state index is 11.8. The standard InChI is InChI=1S/C12H21N3O6S.H2O4S/c1-2-21-10(17)5-14-11(18)8(6-22)15-9(16)4-3-7(13)12(19)20;1-5(2,3)4/h7-8,22H,2-6,13H2,1H3,(H,14,18)(H,15,16)(H,19,20);(H2,1,2,3,4)/t7-,8-;/m0./s1. The number of hydrogen-bond acceptors (Lipinski definition) is 9. The molecule has 0 radical (unpaired) electrons. The van der Waals surface area contributed by atoms with Gasteiger partial charge in [0.2, 0.25) is 11.8 Å². The Morgan fingerprint density at radius 1 is 1.22 bits per heavy atom. The van der Waals surface area contributed by atoms with Gasteiger partial charge >= 0.3 is 22.3 Å². The molecule has 0 saturated carbocycles. The molecule has 0 heterocycles. The summed E-state index contributed by atoms with van der Waals surface area (Å²) in [7, 11) is -4.67. The van der Waals surface area contributed by atoms with Crippen molar-refractivity contribution in [2.75, 3.05) is 18.9 Å². The first-order chi connectivity index (χ1) is 12.3. The van der Waals surface area contributed by atoms with E-state index in [2.05, 4.69) is 28.0 Å². The largest absolute Gasteiger partial charge is 0.480 e. The Kier molecular flexibility index (Phi) is 14.3. The summed E-state index contributed by atoms with van der Waals surface area (Å²) in [5.74, 6) is -2.88. The normalized spacial score (nSPS) is 12.6. The Morgan fingerprint density at radius 3 is 2.15 bits per heavy atom. The quantitative estimate of drug-likeness (QED) is 0.109. The Balaban J connectivity index is 0. The van der Waals surface area contributed by atoms with Crippen molar-refractivity contribution in [2.24, 2.45) is 5.73 Å². The monoisotopic (exact) mass is 433 g/mol. The van der Waals surface area contributed by atoms with Crippen LogP contribution in [-0.4, -0.2) is 77.4 Å². The van der Waals surface area contributed by atoms with E-state index in [4.69, 9.17) is 28.4 Å². The number of esters is 1. The van der Waals surface area contributed by atoms with Gasteiger partial charge in [-0.1, -0.05) is 0 Å². The minimum Gasteiger partial charge on any atom is -0.480 e. The van der Waals surface area contributed by atoms with Crippen molar-refractivity contribution >= 4 is 46.8 Å². The van der Waals surface area contributed by atoms with Crippen LogP contribution in [0.2, 0.25) is 0 Å². The number of rotatable bonds is 10. The summed E-state index contributed by atoms with van der Waals surface area (Å²) in [6, 6.07) is -2.08. The van der Waals surface area contributed by atoms with Gasteiger partial charge in [-0.2, -0.15) is 21.0 Å². The fraction of sp³-hybridized carbons (Fsp3) is 0.667. The highest BCUT2D eigenvalue weighted by Crippen LogP contribution is 1.97. The lowest BCUT2D eigenvalue weighted by molar-refractivity contribution is -0.143. The minimum absolute atomic E-state index is 0.0192. The van der Waals surface area contributed by atoms with Crippen LogP contribution in [0.4, 0.5) is 0 Å². The van der Waals surface area contributed by atoms with Crippen LogP contribution >= 0.6 is 12.6 Å². The molecule has 13 nitrogen and oxygen atoms in total. The summed E-state index contributed by atoms with van der Waals surface area (Å²) in [5.41, 5.74) is 5.27. The van der Waals surface area contributed by atoms with E-state index >= 15 is 0 Å². The first-order valence-electron chi connectivity index (χ1n) is 7.33. The maximum atomic E-state index is 11.8. The molecule has 0 aromatic heterocycles. The molecule has 0 fully saturated rings. The van der Waals surface area contributed by atoms with E-state index in [0.717, 1.165) is 0 Å². The molecule has 0 aromatic carbocycles. The topological polar surface area (TPSA) is 222 Å². The lowest BCUT2D eigenvalue weighted by Crippen LogP contribution is -2.49. The summed E-state index contributed by atoms with van der Waals surface area (Å²) in [6.45, 7) is 1.53. The van der Waals surface area contributed by atoms with Crippen LogP contribution in [0, 0.1) is 0 Å². The molecule has 158 valence electrons. The van der Waals surface area contributed by atoms with Crippen molar-refractivity contribution in [2.45, 2.75) is 31.8 Å². The first-order valence-corrected chi connectivity index (χ1v) is 9.36. The van der Waals surface area contributed by atoms with Crippen LogP contribution in [0.15, 0.2) is 0 Å². The molecule has 0 bridgehead atoms. The van der Waals surface area contributed by atoms with Gasteiger partial charge in [0, 0.05) is 12.2 Å². The smallest absolute Gasteiger partial charge is 0.394 e. The Labute approximate surface area is 161 Å². The number of carboxylic acids is 1. The fourth-order valence-corrected chi connectivity index (χ4v) is 1.62. The van der Waals surface area contributed by atoms with Gasteiger partial charge in [-0.25, -0.2) is 0 Å². The second-order valence-electron chi connectivity index (χ2n) is 4.76. The number of hydrogen-bond donors (Lipinski definition) is 7. The number of thiol groups is 1. The maximum Gasteiger partial charge on any atom is 0.394 e. The molecule has 2 amide bonds. The second-order valence-corrected chi connectivity index (χ2v) is 6.02. The minimum atomic E-state index is -4.67. The third-order valence-electron chi connectivity index (χ3n) is 2.55. The molecular formula is C12H23N3O10S2. The average molecular weight is 433 g/mol. The van der Waals surface area contributed by atoms with Gasteiger partial charge in [-0.15, -0.1) is 0 Å². The highest BCUT2D eigenvalue weighted by molar-refractivity contribution is 7.80. The molecule has 0 aliphatic heterocycles. The number of carboxylic acid groups (broad SMARTS) is 1. The van der Waals surface area contributed by atoms with E-state index in [0.29, 0.717) is 0 Å². The first kappa shape index (κ1) is 27.3. The van der Waals surface area contributed by atoms with E-state index < -0.39 is 46.2 Å². The highest BCUT2D eigenvalue weighted by Gasteiger charge is 2.21. The van der Waals surface area contributed by atoms with E-state index in [1.807, 2.05) is 0 Å². The van der Waals surface area contributed by atoms with Gasteiger partial charge in [0.15, 0.2) is 0 Å². The lowest BCUT2D eigenvalue weighted by atomic mass is 10.1. The molecule has 2 atom stereocenters. The zero-order chi connectivity index (χ0) is 21.6. The molecule has 27 heavy (non-hydrogen) atoms. The molecule has 0 saturated heterocycles. The van der Waals surface area contributed by atoms with Crippen molar-refractivity contribution in [1.29, 1.82) is 0 Å². The van der Waals surface area contributed by atoms with E-state index in [-0.39, 0.29) is 31.7 Å². The number of carbonyl (C=O) groups excluding carboxylic acids is 3. The number of nitrogens with two attached hydrogens (primary N) is 1. The average Bonchev–Trinajstić information content (AvgIpc) is 2.53. The van der Waals surface area contributed by atoms with Crippen molar-refractivity contribution in [3.05, 3.63) is 0 Å². The van der Waals surface area contributed by atoms with Gasteiger partial charge in [-0.3, -0.25) is 28.3 Å². The molecule has 0 aliphatic rings. The van der Waals surface area contributed by atoms with Gasteiger partial charge < -0.3 is 26.2 Å². The molecule has 7 N–H and O–H groups in total. The zero-order valence-corrected chi connectivity index (χ0v) is 16.0. The Morgan fingerprint density at radius 2 is 1.74 bits per heavy atom. The Bertz CT molecular complexity index is 603. The second kappa shape index (κ2) is 14.2. The number of ether oxygens (including phenoxy) is 1. The molecular weight excluding hydrogens is 410 g/mol. The highest BCUT2D eigenvalue weighted by atomic mass is 32.3. The van der Waals surface area contributed by atoms with E-state index in [1.54, 1.807) is 6.92 Å². The summed E-state index contributed by atoms with van der Waals surface area (Å²) in [4.78, 5) is 45.0. The van der Waals surface area contributed by atoms with Crippen LogP contribution in [0.25, 0.3) is 0 Å². The summed E-state index contributed by atoms with van der Waals surface area (Å²) < 4.78 is 36.2. The van der Waals surface area contributed by atoms with Gasteiger partial charge in [0.1, 0.15) is 18.6 Å². The third kappa shape index (κ3) is 18.6. The van der Waals surface area contributed by atoms with Crippen LogP contribution in [-0.2, 0) is 34.3 Å². The molecule has 0 unspecified atom stereocenters. The van der Waals surface area contributed by atoms with Crippen LogP contribution in [0.3, 0.4) is 0 Å². The molecule has 0 rings (SSSR count). The van der Waals surface area contributed by atoms with Crippen LogP contribution in [0.5, 0.6) is 0 Å². The van der Waals surface area contributed by atoms with Crippen molar-refractivity contribution in [1.82, 2.24) is 10.6 Å². The number of carbonyl (C=O) groups is 4. The number of aliphatic carboxylic acids is 1. The zero-order valence-electron chi connectivity index (χ0n) is 14.3. The predicted molar refractivity (Wildman–Crippen MR) is 94.4 cm³/mol. The SMILES string of the molecule is CCOC(=O)CNC(=O)[C@H](CS)NC(=O)CC[C@H](N)C(=O)O.O=S(=O)(O)O. The van der Waals surface area contributed by atoms with Crippen LogP contribution < -0.4 is 16.4 Å². The third-order valence-corrected chi connectivity index (χ3v) is 2.91. The van der Waals surface area contributed by atoms with Crippen molar-refractivity contribution in [3.63, 3.8) is 0 Å². The molecule has 0 aromatic rings. The van der Waals surface area contributed by atoms with Gasteiger partial charge in [0.05, 0.1) is 6.61 Å². The molecule has 0 spiro atoms. The van der Waals surface area contributed by atoms with Crippen molar-refractivity contribution in [3.8, 4) is 0 Å². The lowest BCUT2D eigenvalue weighted by Gasteiger charge is -2.16. The fourth-order valence-electron chi connectivity index (χ4n) is 1.37. The predicted octanol–water partition coefficient (Wildman–Crippen LogP) is -2.38. The van der Waals surface area contributed by atoms with Crippen LogP contribution in [0.1, 0.15) is 19.8 Å². The van der Waals surface area contributed by atoms with Crippen molar-refractivity contribution < 1.29 is 46.5 Å². The summed E-state index contributed by atoms with van der Waals surface area (Å²) in [6.07, 6.45) is -0.187. The van der Waals surface area contributed by atoms with E-state index in [1.165, 1.54) is 0 Å². The Hall–Kier alpha value is -1.94. The summed E-state index contributed by atoms with van der Waals surface area (Å²) >= 11 is 3.95. The van der Waals surface area contributed by atoms with Gasteiger partial charge in [0.25, 0.3) is 0 Å². The molecule has 15 heteroatoms. The summed E-state index contributed by atoms with van der Waals surface area (Å²) in [5, 5.41) is 13.3. The number of amides is 2. The number of nitrogens with one attached hydrogen (secondary N) is 2. The van der Waals surface area contributed by atoms with Gasteiger partial charge in [-0.05, 0) is 13.3 Å². The molecule has 0 aliphatic carbocycles.